The molecule has 1 N–H and O–H groups in total. The third kappa shape index (κ3) is 4.11. The summed E-state index contributed by atoms with van der Waals surface area (Å²) in [5, 5.41) is 9.00. The molecule has 2 unspecified atom stereocenters. The molecule has 0 aromatic carbocycles. The minimum atomic E-state index is -0.373. The van der Waals surface area contributed by atoms with Gasteiger partial charge in [-0.25, -0.2) is 0 Å². The van der Waals surface area contributed by atoms with E-state index in [-0.39, 0.29) is 17.9 Å². The van der Waals surface area contributed by atoms with Gasteiger partial charge in [-0.15, -0.1) is 0 Å². The number of hydrogen-bond acceptors (Lipinski definition) is 3. The standard InChI is InChI=1S/C8H17NO2/c1-6(10)5-9(4)7(2)8(3)11/h6-7,10H,5H2,1-4H3. The second-order valence-corrected chi connectivity index (χ2v) is 3.08. The lowest BCUT2D eigenvalue weighted by Gasteiger charge is -2.23. The molecular formula is C8H17NO2. The van der Waals surface area contributed by atoms with Crippen LogP contribution in [0.5, 0.6) is 0 Å². The number of rotatable bonds is 4. The van der Waals surface area contributed by atoms with Crippen molar-refractivity contribution in [1.82, 2.24) is 4.90 Å². The summed E-state index contributed by atoms with van der Waals surface area (Å²) in [6, 6.07) is -0.0930. The molecule has 0 aromatic heterocycles. The van der Waals surface area contributed by atoms with Gasteiger partial charge in [0.1, 0.15) is 5.78 Å². The Hall–Kier alpha value is -0.410. The molecule has 0 radical (unpaired) electrons. The van der Waals surface area contributed by atoms with Crippen molar-refractivity contribution in [2.24, 2.45) is 0 Å². The lowest BCUT2D eigenvalue weighted by molar-refractivity contribution is -0.121. The summed E-state index contributed by atoms with van der Waals surface area (Å²) in [6.07, 6.45) is -0.373. The highest BCUT2D eigenvalue weighted by Gasteiger charge is 2.14. The Labute approximate surface area is 68.0 Å². The van der Waals surface area contributed by atoms with E-state index in [0.29, 0.717) is 6.54 Å². The maximum absolute atomic E-state index is 10.8. The fourth-order valence-corrected chi connectivity index (χ4v) is 0.885. The smallest absolute Gasteiger partial charge is 0.146 e. The van der Waals surface area contributed by atoms with Gasteiger partial charge in [-0.1, -0.05) is 0 Å². The van der Waals surface area contributed by atoms with Gasteiger partial charge < -0.3 is 5.11 Å². The molecule has 0 amide bonds. The van der Waals surface area contributed by atoms with Crippen LogP contribution in [-0.4, -0.2) is 41.5 Å². The van der Waals surface area contributed by atoms with Crippen LogP contribution < -0.4 is 0 Å². The van der Waals surface area contributed by atoms with Gasteiger partial charge in [0, 0.05) is 6.54 Å². The summed E-state index contributed by atoms with van der Waals surface area (Å²) in [5.74, 6) is 0.133. The van der Waals surface area contributed by atoms with Crippen LogP contribution in [0.25, 0.3) is 0 Å². The highest BCUT2D eigenvalue weighted by molar-refractivity contribution is 5.80. The molecule has 0 heterocycles. The minimum absolute atomic E-state index is 0.0930. The Bertz CT molecular complexity index is 134. The summed E-state index contributed by atoms with van der Waals surface area (Å²) in [7, 11) is 1.83. The van der Waals surface area contributed by atoms with E-state index in [2.05, 4.69) is 0 Å². The van der Waals surface area contributed by atoms with Crippen LogP contribution in [0.2, 0.25) is 0 Å². The van der Waals surface area contributed by atoms with Crippen LogP contribution >= 0.6 is 0 Å². The third-order valence-corrected chi connectivity index (χ3v) is 1.80. The number of aliphatic hydroxyl groups excluding tert-OH is 1. The van der Waals surface area contributed by atoms with Crippen molar-refractivity contribution in [3.8, 4) is 0 Å². The van der Waals surface area contributed by atoms with Gasteiger partial charge in [0.05, 0.1) is 12.1 Å². The first-order valence-electron chi connectivity index (χ1n) is 3.84. The molecule has 66 valence electrons. The fourth-order valence-electron chi connectivity index (χ4n) is 0.885. The van der Waals surface area contributed by atoms with Gasteiger partial charge in [-0.3, -0.25) is 9.69 Å². The van der Waals surface area contributed by atoms with Crippen molar-refractivity contribution in [3.05, 3.63) is 0 Å². The fraction of sp³-hybridized carbons (Fsp3) is 0.875. The number of likely N-dealkylation sites (N-methyl/N-ethyl adjacent to an activating group) is 1. The molecule has 0 fully saturated rings. The molecule has 0 rings (SSSR count). The normalized spacial score (nSPS) is 16.5. The second kappa shape index (κ2) is 4.46. The zero-order chi connectivity index (χ0) is 9.02. The Balaban J connectivity index is 3.82. The summed E-state index contributed by atoms with van der Waals surface area (Å²) >= 11 is 0. The molecular weight excluding hydrogens is 142 g/mol. The number of carbonyl (C=O) groups is 1. The van der Waals surface area contributed by atoms with E-state index in [1.165, 1.54) is 0 Å². The summed E-state index contributed by atoms with van der Waals surface area (Å²) in [5.41, 5.74) is 0. The summed E-state index contributed by atoms with van der Waals surface area (Å²) in [4.78, 5) is 12.7. The van der Waals surface area contributed by atoms with Crippen molar-refractivity contribution in [1.29, 1.82) is 0 Å². The largest absolute Gasteiger partial charge is 0.392 e. The Morgan fingerprint density at radius 2 is 2.00 bits per heavy atom. The van der Waals surface area contributed by atoms with Crippen LogP contribution in [0.1, 0.15) is 20.8 Å². The zero-order valence-corrected chi connectivity index (χ0v) is 7.66. The Morgan fingerprint density at radius 3 is 2.27 bits per heavy atom. The highest BCUT2D eigenvalue weighted by atomic mass is 16.3. The van der Waals surface area contributed by atoms with E-state index in [4.69, 9.17) is 5.11 Å². The van der Waals surface area contributed by atoms with E-state index in [0.717, 1.165) is 0 Å². The average Bonchev–Trinajstić information content (AvgIpc) is 1.84. The summed E-state index contributed by atoms with van der Waals surface area (Å²) in [6.45, 7) is 5.65. The van der Waals surface area contributed by atoms with Crippen LogP contribution in [0.4, 0.5) is 0 Å². The quantitative estimate of drug-likeness (QED) is 0.640. The lowest BCUT2D eigenvalue weighted by atomic mass is 10.2. The molecule has 0 saturated carbocycles. The van der Waals surface area contributed by atoms with Gasteiger partial charge in [0.15, 0.2) is 0 Å². The minimum Gasteiger partial charge on any atom is -0.392 e. The molecule has 2 atom stereocenters. The van der Waals surface area contributed by atoms with E-state index in [1.54, 1.807) is 13.8 Å². The molecule has 0 aliphatic heterocycles. The van der Waals surface area contributed by atoms with Crippen molar-refractivity contribution in [3.63, 3.8) is 0 Å². The van der Waals surface area contributed by atoms with Gasteiger partial charge in [0.2, 0.25) is 0 Å². The van der Waals surface area contributed by atoms with Crippen LogP contribution in [0.3, 0.4) is 0 Å². The molecule has 3 nitrogen and oxygen atoms in total. The molecule has 0 aliphatic carbocycles. The number of ketones is 1. The lowest BCUT2D eigenvalue weighted by Crippen LogP contribution is -2.38. The first-order valence-corrected chi connectivity index (χ1v) is 3.84. The molecule has 3 heteroatoms. The number of carbonyl (C=O) groups excluding carboxylic acids is 1. The zero-order valence-electron chi connectivity index (χ0n) is 7.66. The van der Waals surface area contributed by atoms with E-state index in [1.807, 2.05) is 18.9 Å². The maximum Gasteiger partial charge on any atom is 0.146 e. The number of aliphatic hydroxyl groups is 1. The maximum atomic E-state index is 10.8. The Morgan fingerprint density at radius 1 is 1.55 bits per heavy atom. The molecule has 0 aliphatic rings. The molecule has 0 saturated heterocycles. The van der Waals surface area contributed by atoms with Gasteiger partial charge in [-0.05, 0) is 27.8 Å². The predicted molar refractivity (Wildman–Crippen MR) is 44.5 cm³/mol. The van der Waals surface area contributed by atoms with E-state index < -0.39 is 0 Å². The number of hydrogen-bond donors (Lipinski definition) is 1. The van der Waals surface area contributed by atoms with Crippen LogP contribution in [0, 0.1) is 0 Å². The predicted octanol–water partition coefficient (Wildman–Crippen LogP) is 0.277. The SMILES string of the molecule is CC(=O)C(C)N(C)CC(C)O. The molecule has 11 heavy (non-hydrogen) atoms. The first kappa shape index (κ1) is 10.6. The van der Waals surface area contributed by atoms with Crippen LogP contribution in [-0.2, 0) is 4.79 Å². The van der Waals surface area contributed by atoms with Gasteiger partial charge >= 0.3 is 0 Å². The molecule has 0 bridgehead atoms. The third-order valence-electron chi connectivity index (χ3n) is 1.80. The monoisotopic (exact) mass is 159 g/mol. The summed E-state index contributed by atoms with van der Waals surface area (Å²) < 4.78 is 0. The highest BCUT2D eigenvalue weighted by Crippen LogP contribution is 1.97. The van der Waals surface area contributed by atoms with Gasteiger partial charge in [-0.2, -0.15) is 0 Å². The van der Waals surface area contributed by atoms with Crippen molar-refractivity contribution < 1.29 is 9.90 Å². The Kier molecular flexibility index (Phi) is 4.30. The number of nitrogens with zero attached hydrogens (tertiary/aromatic N) is 1. The van der Waals surface area contributed by atoms with Crippen molar-refractivity contribution in [2.45, 2.75) is 32.9 Å². The van der Waals surface area contributed by atoms with Crippen molar-refractivity contribution in [2.75, 3.05) is 13.6 Å². The van der Waals surface area contributed by atoms with Crippen LogP contribution in [0.15, 0.2) is 0 Å². The van der Waals surface area contributed by atoms with Gasteiger partial charge in [0.25, 0.3) is 0 Å². The molecule has 0 spiro atoms. The number of Topliss-reactive ketones (excluding diaryl/α,β-unsaturated/α-hetero) is 1. The first-order chi connectivity index (χ1) is 4.95. The average molecular weight is 159 g/mol. The topological polar surface area (TPSA) is 40.5 Å². The van der Waals surface area contributed by atoms with E-state index >= 15 is 0 Å². The van der Waals surface area contributed by atoms with Crippen molar-refractivity contribution >= 4 is 5.78 Å². The second-order valence-electron chi connectivity index (χ2n) is 3.08. The van der Waals surface area contributed by atoms with E-state index in [9.17, 15) is 4.79 Å². The molecule has 0 aromatic rings.